The van der Waals surface area contributed by atoms with Gasteiger partial charge in [-0.3, -0.25) is 24.1 Å². The van der Waals surface area contributed by atoms with Crippen LogP contribution >= 0.6 is 0 Å². The monoisotopic (exact) mass is 447 g/mol. The third-order valence-electron chi connectivity index (χ3n) is 4.09. The molecule has 1 aliphatic heterocycles. The van der Waals surface area contributed by atoms with Gasteiger partial charge < -0.3 is 26.0 Å². The van der Waals surface area contributed by atoms with Crippen molar-refractivity contribution >= 4 is 29.3 Å². The molecule has 32 heavy (non-hydrogen) atoms. The number of nitrogens with one attached hydrogen (secondary N) is 3. The largest absolute Gasteiger partial charge is 0.505 e. The summed E-state index contributed by atoms with van der Waals surface area (Å²) in [7, 11) is 4.40. The Morgan fingerprint density at radius 3 is 2.19 bits per heavy atom. The van der Waals surface area contributed by atoms with Crippen molar-refractivity contribution < 1.29 is 24.3 Å². The van der Waals surface area contributed by atoms with Gasteiger partial charge in [0.25, 0.3) is 17.7 Å². The summed E-state index contributed by atoms with van der Waals surface area (Å²) in [5.41, 5.74) is -0.105. The number of carbonyl (C=O) groups is 4. The molecule has 0 fully saturated rings. The smallest absolute Gasteiger partial charge is 0.279 e. The zero-order valence-electron chi connectivity index (χ0n) is 19.7. The number of rotatable bonds is 7. The van der Waals surface area contributed by atoms with Gasteiger partial charge in [0.15, 0.2) is 5.75 Å². The van der Waals surface area contributed by atoms with Gasteiger partial charge in [-0.1, -0.05) is 26.3 Å². The Bertz CT molecular complexity index is 908. The van der Waals surface area contributed by atoms with E-state index in [2.05, 4.69) is 29.8 Å². The van der Waals surface area contributed by atoms with Crippen LogP contribution in [-0.2, 0) is 14.4 Å². The first-order valence-corrected chi connectivity index (χ1v) is 10.4. The highest BCUT2D eigenvalue weighted by atomic mass is 16.3. The van der Waals surface area contributed by atoms with Crippen molar-refractivity contribution in [2.24, 2.45) is 0 Å². The third-order valence-corrected chi connectivity index (χ3v) is 4.09. The lowest BCUT2D eigenvalue weighted by Crippen LogP contribution is -2.39. The maximum atomic E-state index is 12.5. The number of hydrogen-bond donors (Lipinski definition) is 4. The predicted octanol–water partition coefficient (Wildman–Crippen LogP) is 1.25. The third kappa shape index (κ3) is 6.47. The van der Waals surface area contributed by atoms with Crippen LogP contribution in [0.1, 0.15) is 44.5 Å². The van der Waals surface area contributed by atoms with Crippen LogP contribution in [-0.4, -0.2) is 72.3 Å². The lowest BCUT2D eigenvalue weighted by molar-refractivity contribution is -0.136. The molecule has 0 spiro atoms. The normalized spacial score (nSPS) is 13.1. The standard InChI is InChI=1S/C19H25N5O5.C3H8/c1-10(2)21-13(25)9-20-14-15(19(29)24(5)18(14)28)22-12-8-6-7-11(16(12)26)17(27)23(3)4;1-3-2/h6-8,10,20,22,26H,9H2,1-5H3,(H,21,25);3H2,1-2H3. The minimum absolute atomic E-state index is 0.0385. The minimum atomic E-state index is -0.634. The first-order valence-electron chi connectivity index (χ1n) is 10.4. The summed E-state index contributed by atoms with van der Waals surface area (Å²) in [6.45, 7) is 7.64. The van der Waals surface area contributed by atoms with Crippen molar-refractivity contribution in [2.75, 3.05) is 33.0 Å². The molecular weight excluding hydrogens is 414 g/mol. The fourth-order valence-corrected chi connectivity index (χ4v) is 2.66. The zero-order chi connectivity index (χ0) is 24.6. The van der Waals surface area contributed by atoms with Gasteiger partial charge in [0.2, 0.25) is 5.91 Å². The van der Waals surface area contributed by atoms with Gasteiger partial charge in [-0.2, -0.15) is 0 Å². The number of para-hydroxylation sites is 1. The molecule has 0 saturated heterocycles. The van der Waals surface area contributed by atoms with Gasteiger partial charge in [0.1, 0.15) is 11.4 Å². The first-order chi connectivity index (χ1) is 15.0. The lowest BCUT2D eigenvalue weighted by Gasteiger charge is -2.15. The Morgan fingerprint density at radius 1 is 1.09 bits per heavy atom. The van der Waals surface area contributed by atoms with Gasteiger partial charge in [-0.15, -0.1) is 0 Å². The number of phenolic OH excluding ortho intramolecular Hbond substituents is 1. The Balaban J connectivity index is 0.00000161. The van der Waals surface area contributed by atoms with E-state index in [0.29, 0.717) is 0 Å². The average Bonchev–Trinajstić information content (AvgIpc) is 2.91. The van der Waals surface area contributed by atoms with Crippen molar-refractivity contribution in [1.82, 2.24) is 20.4 Å². The summed E-state index contributed by atoms with van der Waals surface area (Å²) in [5.74, 6) is -2.37. The van der Waals surface area contributed by atoms with Crippen LogP contribution in [0.3, 0.4) is 0 Å². The van der Waals surface area contributed by atoms with E-state index >= 15 is 0 Å². The number of nitrogens with zero attached hydrogens (tertiary/aromatic N) is 2. The minimum Gasteiger partial charge on any atom is -0.505 e. The van der Waals surface area contributed by atoms with Crippen molar-refractivity contribution in [3.8, 4) is 5.75 Å². The highest BCUT2D eigenvalue weighted by molar-refractivity contribution is 6.20. The number of amides is 4. The van der Waals surface area contributed by atoms with Gasteiger partial charge in [0, 0.05) is 27.2 Å². The number of carbonyl (C=O) groups excluding carboxylic acids is 4. The second-order valence-electron chi connectivity index (χ2n) is 7.73. The Hall–Kier alpha value is -3.56. The van der Waals surface area contributed by atoms with E-state index in [1.807, 2.05) is 0 Å². The molecule has 0 bridgehead atoms. The molecule has 1 aromatic carbocycles. The van der Waals surface area contributed by atoms with Crippen molar-refractivity contribution in [3.63, 3.8) is 0 Å². The van der Waals surface area contributed by atoms with E-state index in [9.17, 15) is 24.3 Å². The van der Waals surface area contributed by atoms with E-state index in [1.165, 1.54) is 36.6 Å². The summed E-state index contributed by atoms with van der Waals surface area (Å²) < 4.78 is 0. The maximum Gasteiger partial charge on any atom is 0.279 e. The molecule has 0 aliphatic carbocycles. The summed E-state index contributed by atoms with van der Waals surface area (Å²) in [6.07, 6.45) is 1.25. The number of likely N-dealkylation sites (N-methyl/N-ethyl adjacent to an activating group) is 1. The molecule has 2 rings (SSSR count). The average molecular weight is 448 g/mol. The Morgan fingerprint density at radius 2 is 1.66 bits per heavy atom. The zero-order valence-corrected chi connectivity index (χ0v) is 19.7. The van der Waals surface area contributed by atoms with Crippen LogP contribution in [0.25, 0.3) is 0 Å². The van der Waals surface area contributed by atoms with E-state index in [-0.39, 0.29) is 46.9 Å². The molecule has 0 unspecified atom stereocenters. The van der Waals surface area contributed by atoms with Crippen molar-refractivity contribution in [2.45, 2.75) is 40.2 Å². The van der Waals surface area contributed by atoms with Crippen LogP contribution in [0.4, 0.5) is 5.69 Å². The lowest BCUT2D eigenvalue weighted by atomic mass is 10.1. The molecule has 1 heterocycles. The molecule has 10 heteroatoms. The number of imide groups is 1. The van der Waals surface area contributed by atoms with Gasteiger partial charge in [-0.25, -0.2) is 0 Å². The summed E-state index contributed by atoms with van der Waals surface area (Å²) in [4.78, 5) is 51.1. The highest BCUT2D eigenvalue weighted by Crippen LogP contribution is 2.31. The van der Waals surface area contributed by atoms with E-state index in [0.717, 1.165) is 4.90 Å². The molecule has 0 radical (unpaired) electrons. The number of hydrogen-bond acceptors (Lipinski definition) is 7. The molecule has 4 amide bonds. The van der Waals surface area contributed by atoms with E-state index < -0.39 is 17.7 Å². The van der Waals surface area contributed by atoms with Gasteiger partial charge in [-0.05, 0) is 26.0 Å². The van der Waals surface area contributed by atoms with Crippen LogP contribution in [0.2, 0.25) is 0 Å². The Labute approximate surface area is 188 Å². The predicted molar refractivity (Wildman–Crippen MR) is 122 cm³/mol. The van der Waals surface area contributed by atoms with E-state index in [4.69, 9.17) is 0 Å². The maximum absolute atomic E-state index is 12.5. The topological polar surface area (TPSA) is 131 Å². The summed E-state index contributed by atoms with van der Waals surface area (Å²) in [5, 5.41) is 18.5. The fourth-order valence-electron chi connectivity index (χ4n) is 2.66. The second-order valence-corrected chi connectivity index (χ2v) is 7.73. The molecule has 0 saturated carbocycles. The highest BCUT2D eigenvalue weighted by Gasteiger charge is 2.37. The molecule has 0 aromatic heterocycles. The molecule has 1 aromatic rings. The van der Waals surface area contributed by atoms with Crippen molar-refractivity contribution in [3.05, 3.63) is 35.2 Å². The summed E-state index contributed by atoms with van der Waals surface area (Å²) >= 11 is 0. The van der Waals surface area contributed by atoms with Crippen LogP contribution < -0.4 is 16.0 Å². The number of phenols is 1. The molecule has 176 valence electrons. The van der Waals surface area contributed by atoms with E-state index in [1.54, 1.807) is 27.9 Å². The SMILES string of the molecule is CC(C)NC(=O)CNC1=C(Nc2cccc(C(=O)N(C)C)c2O)C(=O)N(C)C1=O.CCC. The quantitative estimate of drug-likeness (QED) is 0.365. The number of anilines is 1. The van der Waals surface area contributed by atoms with Gasteiger partial charge >= 0.3 is 0 Å². The summed E-state index contributed by atoms with van der Waals surface area (Å²) in [6, 6.07) is 4.37. The molecule has 10 nitrogen and oxygen atoms in total. The molecule has 1 aliphatic rings. The molecular formula is C22H33N5O5. The van der Waals surface area contributed by atoms with Crippen LogP contribution in [0, 0.1) is 0 Å². The number of aromatic hydroxyl groups is 1. The fraction of sp³-hybridized carbons (Fsp3) is 0.455. The molecule has 4 N–H and O–H groups in total. The first kappa shape index (κ1) is 26.5. The van der Waals surface area contributed by atoms with Crippen LogP contribution in [0.5, 0.6) is 5.75 Å². The van der Waals surface area contributed by atoms with Crippen molar-refractivity contribution in [1.29, 1.82) is 0 Å². The van der Waals surface area contributed by atoms with Gasteiger partial charge in [0.05, 0.1) is 17.8 Å². The Kier molecular flexibility index (Phi) is 9.70. The van der Waals surface area contributed by atoms with Crippen LogP contribution in [0.15, 0.2) is 29.6 Å². The number of benzene rings is 1. The molecule has 0 atom stereocenters. The second kappa shape index (κ2) is 11.7.